The summed E-state index contributed by atoms with van der Waals surface area (Å²) in [5.74, 6) is -0.222. The number of aryl methyl sites for hydroxylation is 3. The van der Waals surface area contributed by atoms with Crippen molar-refractivity contribution in [3.8, 4) is 11.8 Å². The summed E-state index contributed by atoms with van der Waals surface area (Å²) in [5, 5.41) is 9.59. The van der Waals surface area contributed by atoms with Crippen molar-refractivity contribution in [2.75, 3.05) is 26.3 Å². The van der Waals surface area contributed by atoms with Crippen LogP contribution in [0.4, 0.5) is 0 Å². The number of morpholine rings is 1. The van der Waals surface area contributed by atoms with Gasteiger partial charge in [0.05, 0.1) is 18.9 Å². The molecule has 0 bridgehead atoms. The quantitative estimate of drug-likeness (QED) is 0.603. The highest BCUT2D eigenvalue weighted by Gasteiger charge is 2.22. The van der Waals surface area contributed by atoms with Gasteiger partial charge in [-0.2, -0.15) is 5.26 Å². The van der Waals surface area contributed by atoms with Crippen LogP contribution >= 0.6 is 0 Å². The largest absolute Gasteiger partial charge is 0.378 e. The van der Waals surface area contributed by atoms with Crippen LogP contribution < -0.4 is 0 Å². The summed E-state index contributed by atoms with van der Waals surface area (Å²) in [6.07, 6.45) is 2.67. The van der Waals surface area contributed by atoms with E-state index in [1.54, 1.807) is 11.0 Å². The van der Waals surface area contributed by atoms with Gasteiger partial charge in [-0.15, -0.1) is 0 Å². The maximum Gasteiger partial charge on any atom is 0.264 e. The van der Waals surface area contributed by atoms with Crippen LogP contribution in [0.15, 0.2) is 29.8 Å². The van der Waals surface area contributed by atoms with Gasteiger partial charge >= 0.3 is 0 Å². The number of hydrogen-bond donors (Lipinski definition) is 0. The lowest BCUT2D eigenvalue weighted by molar-refractivity contribution is -0.130. The summed E-state index contributed by atoms with van der Waals surface area (Å²) in [7, 11) is 0. The van der Waals surface area contributed by atoms with Gasteiger partial charge in [-0.05, 0) is 56.0 Å². The van der Waals surface area contributed by atoms with Gasteiger partial charge in [0.15, 0.2) is 0 Å². The molecule has 0 atom stereocenters. The van der Waals surface area contributed by atoms with Crippen molar-refractivity contribution >= 4 is 12.0 Å². The molecule has 5 nitrogen and oxygen atoms in total. The van der Waals surface area contributed by atoms with E-state index in [4.69, 9.17) is 4.74 Å². The zero-order chi connectivity index (χ0) is 20.3. The number of carbonyl (C=O) groups is 1. The zero-order valence-corrected chi connectivity index (χ0v) is 17.1. The number of benzene rings is 1. The summed E-state index contributed by atoms with van der Waals surface area (Å²) in [6.45, 7) is 10.5. The van der Waals surface area contributed by atoms with Crippen molar-refractivity contribution in [1.29, 1.82) is 5.26 Å². The molecular weight excluding hydrogens is 350 g/mol. The van der Waals surface area contributed by atoms with Crippen molar-refractivity contribution in [1.82, 2.24) is 9.47 Å². The van der Waals surface area contributed by atoms with Crippen molar-refractivity contribution in [3.63, 3.8) is 0 Å². The monoisotopic (exact) mass is 377 g/mol. The summed E-state index contributed by atoms with van der Waals surface area (Å²) < 4.78 is 7.53. The number of nitriles is 1. The lowest BCUT2D eigenvalue weighted by atomic mass is 10.1. The highest BCUT2D eigenvalue weighted by Crippen LogP contribution is 2.28. The fraction of sp³-hybridized carbons (Fsp3) is 0.391. The first-order chi connectivity index (χ1) is 13.5. The number of rotatable bonds is 4. The molecule has 146 valence electrons. The second kappa shape index (κ2) is 8.45. The molecule has 0 spiro atoms. The molecule has 1 aliphatic rings. The van der Waals surface area contributed by atoms with Gasteiger partial charge in [-0.3, -0.25) is 4.79 Å². The molecule has 28 heavy (non-hydrogen) atoms. The number of ether oxygens (including phenoxy) is 1. The number of hydrogen-bond acceptors (Lipinski definition) is 3. The highest BCUT2D eigenvalue weighted by atomic mass is 16.5. The highest BCUT2D eigenvalue weighted by molar-refractivity contribution is 6.01. The van der Waals surface area contributed by atoms with Gasteiger partial charge in [-0.25, -0.2) is 0 Å². The third-order valence-electron chi connectivity index (χ3n) is 5.35. The SMILES string of the molecule is CCc1cccc(C)c1-n1c(C)cc(/C=C(/C#N)C(=O)N2CCOCC2)c1C. The third kappa shape index (κ3) is 3.74. The average Bonchev–Trinajstić information content (AvgIpc) is 2.99. The van der Waals surface area contributed by atoms with E-state index in [1.165, 1.54) is 16.8 Å². The molecule has 1 aromatic heterocycles. The number of nitrogens with zero attached hydrogens (tertiary/aromatic N) is 3. The molecule has 0 N–H and O–H groups in total. The second-order valence-corrected chi connectivity index (χ2v) is 7.17. The Balaban J connectivity index is 2.03. The molecule has 1 saturated heterocycles. The van der Waals surface area contributed by atoms with E-state index in [-0.39, 0.29) is 11.5 Å². The minimum absolute atomic E-state index is 0.169. The molecule has 0 radical (unpaired) electrons. The first kappa shape index (κ1) is 19.9. The predicted molar refractivity (Wildman–Crippen MR) is 110 cm³/mol. The first-order valence-corrected chi connectivity index (χ1v) is 9.74. The number of carbonyl (C=O) groups excluding carboxylic acids is 1. The molecule has 2 heterocycles. The van der Waals surface area contributed by atoms with Crippen LogP contribution in [0.3, 0.4) is 0 Å². The minimum Gasteiger partial charge on any atom is -0.378 e. The molecule has 0 saturated carbocycles. The van der Waals surface area contributed by atoms with E-state index in [2.05, 4.69) is 49.6 Å². The second-order valence-electron chi connectivity index (χ2n) is 7.17. The minimum atomic E-state index is -0.222. The fourth-order valence-corrected chi connectivity index (χ4v) is 3.84. The Kier molecular flexibility index (Phi) is 6.01. The number of amides is 1. The van der Waals surface area contributed by atoms with E-state index >= 15 is 0 Å². The molecule has 3 rings (SSSR count). The van der Waals surface area contributed by atoms with Crippen LogP contribution in [0.1, 0.15) is 35.0 Å². The van der Waals surface area contributed by atoms with E-state index < -0.39 is 0 Å². The molecule has 1 aliphatic heterocycles. The van der Waals surface area contributed by atoms with Gasteiger partial charge in [0.2, 0.25) is 0 Å². The maximum absolute atomic E-state index is 12.7. The smallest absolute Gasteiger partial charge is 0.264 e. The summed E-state index contributed by atoms with van der Waals surface area (Å²) >= 11 is 0. The average molecular weight is 377 g/mol. The predicted octanol–water partition coefficient (Wildman–Crippen LogP) is 3.73. The number of aromatic nitrogens is 1. The number of para-hydroxylation sites is 1. The standard InChI is InChI=1S/C23H27N3O2/c1-5-19-8-6-7-16(2)22(19)26-17(3)13-20(18(26)4)14-21(15-24)23(27)25-9-11-28-12-10-25/h6-8,13-14H,5,9-12H2,1-4H3/b21-14-. The molecule has 1 aromatic carbocycles. The van der Waals surface area contributed by atoms with E-state index in [0.717, 1.165) is 23.4 Å². The molecular formula is C23H27N3O2. The molecule has 1 fully saturated rings. The Morgan fingerprint density at radius 3 is 2.61 bits per heavy atom. The van der Waals surface area contributed by atoms with E-state index in [9.17, 15) is 10.1 Å². The summed E-state index contributed by atoms with van der Waals surface area (Å²) in [5.41, 5.74) is 6.87. The summed E-state index contributed by atoms with van der Waals surface area (Å²) in [6, 6.07) is 10.5. The Morgan fingerprint density at radius 1 is 1.25 bits per heavy atom. The lowest BCUT2D eigenvalue weighted by Crippen LogP contribution is -2.41. The normalized spacial score (nSPS) is 14.8. The van der Waals surface area contributed by atoms with Crippen molar-refractivity contribution < 1.29 is 9.53 Å². The van der Waals surface area contributed by atoms with Crippen LogP contribution in [-0.4, -0.2) is 41.7 Å². The van der Waals surface area contributed by atoms with Gasteiger partial charge in [0.25, 0.3) is 5.91 Å². The third-order valence-corrected chi connectivity index (χ3v) is 5.35. The Morgan fingerprint density at radius 2 is 1.96 bits per heavy atom. The van der Waals surface area contributed by atoms with Crippen LogP contribution in [0.25, 0.3) is 11.8 Å². The zero-order valence-electron chi connectivity index (χ0n) is 17.1. The van der Waals surface area contributed by atoms with Crippen LogP contribution in [-0.2, 0) is 16.0 Å². The first-order valence-electron chi connectivity index (χ1n) is 9.74. The van der Waals surface area contributed by atoms with E-state index in [1.807, 2.05) is 13.0 Å². The fourth-order valence-electron chi connectivity index (χ4n) is 3.84. The van der Waals surface area contributed by atoms with Crippen LogP contribution in [0.5, 0.6) is 0 Å². The maximum atomic E-state index is 12.7. The van der Waals surface area contributed by atoms with Crippen LogP contribution in [0.2, 0.25) is 0 Å². The van der Waals surface area contributed by atoms with E-state index in [0.29, 0.717) is 26.3 Å². The molecule has 1 amide bonds. The van der Waals surface area contributed by atoms with Crippen molar-refractivity contribution in [2.24, 2.45) is 0 Å². The molecule has 5 heteroatoms. The van der Waals surface area contributed by atoms with Gasteiger partial charge in [0.1, 0.15) is 11.6 Å². The van der Waals surface area contributed by atoms with Crippen molar-refractivity contribution in [2.45, 2.75) is 34.1 Å². The van der Waals surface area contributed by atoms with Crippen molar-refractivity contribution in [3.05, 3.63) is 57.9 Å². The topological polar surface area (TPSA) is 58.3 Å². The Hall–Kier alpha value is -2.84. The van der Waals surface area contributed by atoms with Gasteiger partial charge in [0, 0.05) is 24.5 Å². The van der Waals surface area contributed by atoms with Gasteiger partial charge < -0.3 is 14.2 Å². The molecule has 0 aliphatic carbocycles. The van der Waals surface area contributed by atoms with Crippen LogP contribution in [0, 0.1) is 32.1 Å². The molecule has 0 unspecified atom stereocenters. The lowest BCUT2D eigenvalue weighted by Gasteiger charge is -2.26. The van der Waals surface area contributed by atoms with Gasteiger partial charge in [-0.1, -0.05) is 25.1 Å². The summed E-state index contributed by atoms with van der Waals surface area (Å²) in [4.78, 5) is 14.4. The Labute approximate surface area is 166 Å². The Bertz CT molecular complexity index is 957. The molecule has 2 aromatic rings.